The number of hydrogen-bond acceptors (Lipinski definition) is 8. The number of methoxy groups -OCH3 is 1. The number of aryl methyl sites for hydroxylation is 1. The van der Waals surface area contributed by atoms with Crippen molar-refractivity contribution in [3.8, 4) is 0 Å². The van der Waals surface area contributed by atoms with Gasteiger partial charge in [0.15, 0.2) is 16.4 Å². The summed E-state index contributed by atoms with van der Waals surface area (Å²) in [6.07, 6.45) is 0.207. The van der Waals surface area contributed by atoms with Crippen LogP contribution in [-0.4, -0.2) is 51.5 Å². The number of thiophene rings is 1. The molecule has 0 saturated carbocycles. The molecule has 1 aromatic heterocycles. The average molecular weight is 389 g/mol. The summed E-state index contributed by atoms with van der Waals surface area (Å²) in [5, 5.41) is 2.86. The summed E-state index contributed by atoms with van der Waals surface area (Å²) in [5.41, 5.74) is 0.979. The minimum absolute atomic E-state index is 0.0464. The van der Waals surface area contributed by atoms with E-state index >= 15 is 0 Å². The number of ether oxygens (including phenoxy) is 2. The van der Waals surface area contributed by atoms with Gasteiger partial charge in [-0.2, -0.15) is 0 Å². The zero-order valence-electron chi connectivity index (χ0n) is 14.1. The SMILES string of the molecule is COC(=O)c1c(NC(=O)COC(=O)C2CCS(=O)(=O)C2)sc(C)c1C. The number of carbonyl (C=O) groups excluding carboxylic acids is 3. The van der Waals surface area contributed by atoms with Gasteiger partial charge in [0.1, 0.15) is 5.00 Å². The van der Waals surface area contributed by atoms with Crippen LogP contribution in [0.15, 0.2) is 0 Å². The first-order valence-electron chi connectivity index (χ1n) is 7.50. The van der Waals surface area contributed by atoms with E-state index in [2.05, 4.69) is 5.32 Å². The molecule has 1 amide bonds. The Balaban J connectivity index is 1.96. The Bertz CT molecular complexity index is 810. The molecule has 0 bridgehead atoms. The van der Waals surface area contributed by atoms with Crippen LogP contribution in [0.1, 0.15) is 27.2 Å². The molecule has 2 rings (SSSR count). The summed E-state index contributed by atoms with van der Waals surface area (Å²) < 4.78 is 32.3. The molecule has 1 fully saturated rings. The molecule has 2 heterocycles. The fourth-order valence-corrected chi connectivity index (χ4v) is 5.25. The number of sulfone groups is 1. The van der Waals surface area contributed by atoms with Crippen molar-refractivity contribution in [2.24, 2.45) is 5.92 Å². The van der Waals surface area contributed by atoms with Crippen LogP contribution in [-0.2, 0) is 28.9 Å². The summed E-state index contributed by atoms with van der Waals surface area (Å²) in [5.74, 6) is -2.90. The molecule has 0 spiro atoms. The van der Waals surface area contributed by atoms with E-state index in [1.807, 2.05) is 6.92 Å². The third-order valence-corrected chi connectivity index (χ3v) is 6.83. The highest BCUT2D eigenvalue weighted by atomic mass is 32.2. The minimum Gasteiger partial charge on any atom is -0.465 e. The molecule has 1 aliphatic heterocycles. The maximum absolute atomic E-state index is 12.0. The quantitative estimate of drug-likeness (QED) is 0.749. The number of anilines is 1. The Kier molecular flexibility index (Phi) is 5.83. The van der Waals surface area contributed by atoms with Gasteiger partial charge >= 0.3 is 11.9 Å². The second-order valence-corrected chi connectivity index (χ2v) is 9.19. The van der Waals surface area contributed by atoms with Gasteiger partial charge in [-0.25, -0.2) is 13.2 Å². The van der Waals surface area contributed by atoms with E-state index in [1.54, 1.807) is 6.92 Å². The van der Waals surface area contributed by atoms with Crippen LogP contribution >= 0.6 is 11.3 Å². The van der Waals surface area contributed by atoms with Crippen molar-refractivity contribution in [1.29, 1.82) is 0 Å². The largest absolute Gasteiger partial charge is 0.465 e. The number of rotatable bonds is 5. The maximum Gasteiger partial charge on any atom is 0.341 e. The molecule has 10 heteroatoms. The van der Waals surface area contributed by atoms with Crippen molar-refractivity contribution < 1.29 is 32.3 Å². The molecule has 1 N–H and O–H groups in total. The molecule has 1 atom stereocenters. The van der Waals surface area contributed by atoms with E-state index < -0.39 is 40.2 Å². The van der Waals surface area contributed by atoms with Crippen LogP contribution < -0.4 is 5.32 Å². The minimum atomic E-state index is -3.20. The molecule has 1 aliphatic rings. The maximum atomic E-state index is 12.0. The van der Waals surface area contributed by atoms with Gasteiger partial charge in [0.2, 0.25) is 0 Å². The Morgan fingerprint density at radius 2 is 1.96 bits per heavy atom. The van der Waals surface area contributed by atoms with Gasteiger partial charge in [-0.05, 0) is 25.8 Å². The van der Waals surface area contributed by atoms with Gasteiger partial charge in [-0.1, -0.05) is 0 Å². The number of amides is 1. The van der Waals surface area contributed by atoms with Gasteiger partial charge < -0.3 is 14.8 Å². The molecule has 1 aromatic rings. The lowest BCUT2D eigenvalue weighted by atomic mass is 10.1. The third kappa shape index (κ3) is 4.57. The lowest BCUT2D eigenvalue weighted by Gasteiger charge is -2.09. The van der Waals surface area contributed by atoms with Crippen molar-refractivity contribution in [2.75, 3.05) is 30.5 Å². The van der Waals surface area contributed by atoms with Crippen LogP contribution in [0.25, 0.3) is 0 Å². The number of nitrogens with one attached hydrogen (secondary N) is 1. The fraction of sp³-hybridized carbons (Fsp3) is 0.533. The lowest BCUT2D eigenvalue weighted by Crippen LogP contribution is -2.25. The molecule has 138 valence electrons. The topological polar surface area (TPSA) is 116 Å². The van der Waals surface area contributed by atoms with Crippen molar-refractivity contribution in [1.82, 2.24) is 0 Å². The highest BCUT2D eigenvalue weighted by Crippen LogP contribution is 2.32. The number of carbonyl (C=O) groups is 3. The fourth-order valence-electron chi connectivity index (χ4n) is 2.46. The highest BCUT2D eigenvalue weighted by molar-refractivity contribution is 7.91. The van der Waals surface area contributed by atoms with Crippen molar-refractivity contribution in [3.05, 3.63) is 16.0 Å². The standard InChI is InChI=1S/C15H19NO7S2/c1-8-9(2)24-13(12(8)15(19)22-3)16-11(17)6-23-14(18)10-4-5-25(20,21)7-10/h10H,4-7H2,1-3H3,(H,16,17). The van der Waals surface area contributed by atoms with Crippen molar-refractivity contribution >= 4 is 44.0 Å². The summed E-state index contributed by atoms with van der Waals surface area (Å²) in [7, 11) is -1.95. The van der Waals surface area contributed by atoms with E-state index in [9.17, 15) is 22.8 Å². The Morgan fingerprint density at radius 3 is 2.52 bits per heavy atom. The zero-order chi connectivity index (χ0) is 18.8. The van der Waals surface area contributed by atoms with Gasteiger partial charge in [-0.15, -0.1) is 11.3 Å². The number of esters is 2. The first-order chi connectivity index (χ1) is 11.6. The van der Waals surface area contributed by atoms with Crippen LogP contribution in [0.5, 0.6) is 0 Å². The van der Waals surface area contributed by atoms with Gasteiger partial charge in [-0.3, -0.25) is 9.59 Å². The Labute approximate surface area is 149 Å². The van der Waals surface area contributed by atoms with Gasteiger partial charge in [0.05, 0.1) is 30.1 Å². The summed E-state index contributed by atoms with van der Waals surface area (Å²) in [6.45, 7) is 3.00. The lowest BCUT2D eigenvalue weighted by molar-refractivity contribution is -0.150. The van der Waals surface area contributed by atoms with Gasteiger partial charge in [0.25, 0.3) is 5.91 Å². The second kappa shape index (κ2) is 7.52. The normalized spacial score (nSPS) is 18.6. The molecular weight excluding hydrogens is 370 g/mol. The van der Waals surface area contributed by atoms with Crippen LogP contribution in [0.4, 0.5) is 5.00 Å². The zero-order valence-corrected chi connectivity index (χ0v) is 15.7. The van der Waals surface area contributed by atoms with E-state index in [-0.39, 0.29) is 23.5 Å². The predicted molar refractivity (Wildman–Crippen MR) is 91.5 cm³/mol. The molecule has 25 heavy (non-hydrogen) atoms. The van der Waals surface area contributed by atoms with Crippen molar-refractivity contribution in [3.63, 3.8) is 0 Å². The third-order valence-electron chi connectivity index (χ3n) is 3.94. The summed E-state index contributed by atoms with van der Waals surface area (Å²) in [6, 6.07) is 0. The Morgan fingerprint density at radius 1 is 1.28 bits per heavy atom. The average Bonchev–Trinajstić information content (AvgIpc) is 3.04. The second-order valence-electron chi connectivity index (χ2n) is 5.73. The smallest absolute Gasteiger partial charge is 0.341 e. The molecule has 1 saturated heterocycles. The van der Waals surface area contributed by atoms with Gasteiger partial charge in [0, 0.05) is 4.88 Å². The molecule has 0 radical (unpaired) electrons. The highest BCUT2D eigenvalue weighted by Gasteiger charge is 2.34. The van der Waals surface area contributed by atoms with Crippen LogP contribution in [0.3, 0.4) is 0 Å². The molecule has 8 nitrogen and oxygen atoms in total. The molecule has 0 aliphatic carbocycles. The Hall–Kier alpha value is -1.94. The summed E-state index contributed by atoms with van der Waals surface area (Å²) in [4.78, 5) is 36.5. The summed E-state index contributed by atoms with van der Waals surface area (Å²) >= 11 is 1.22. The van der Waals surface area contributed by atoms with E-state index in [0.717, 1.165) is 4.88 Å². The van der Waals surface area contributed by atoms with E-state index in [4.69, 9.17) is 9.47 Å². The van der Waals surface area contributed by atoms with E-state index in [0.29, 0.717) is 10.6 Å². The first-order valence-corrected chi connectivity index (χ1v) is 10.1. The molecule has 1 unspecified atom stereocenters. The molecular formula is C15H19NO7S2. The van der Waals surface area contributed by atoms with Crippen molar-refractivity contribution in [2.45, 2.75) is 20.3 Å². The first kappa shape index (κ1) is 19.4. The van der Waals surface area contributed by atoms with Crippen LogP contribution in [0, 0.1) is 19.8 Å². The predicted octanol–water partition coefficient (Wildman–Crippen LogP) is 1.07. The van der Waals surface area contributed by atoms with E-state index in [1.165, 1.54) is 18.4 Å². The van der Waals surface area contributed by atoms with Crippen LogP contribution in [0.2, 0.25) is 0 Å². The molecule has 0 aromatic carbocycles. The monoisotopic (exact) mass is 389 g/mol. The number of hydrogen-bond donors (Lipinski definition) is 1.